The molecule has 0 saturated heterocycles. The van der Waals surface area contributed by atoms with E-state index in [0.717, 1.165) is 36.3 Å². The maximum Gasteiger partial charge on any atom is 0.230 e. The van der Waals surface area contributed by atoms with Crippen LogP contribution in [0.25, 0.3) is 11.5 Å². The van der Waals surface area contributed by atoms with Crippen LogP contribution in [0, 0.1) is 0 Å². The number of fused-ring (bicyclic) bond motifs is 1. The number of para-hydroxylation sites is 2. The zero-order valence-electron chi connectivity index (χ0n) is 17.1. The fourth-order valence-corrected chi connectivity index (χ4v) is 4.02. The molecule has 1 aliphatic heterocycles. The Bertz CT molecular complexity index is 1200. The Balaban J connectivity index is 1.27. The number of anilines is 2. The molecule has 0 unspecified atom stereocenters. The smallest absolute Gasteiger partial charge is 0.230 e. The van der Waals surface area contributed by atoms with Crippen LogP contribution in [-0.2, 0) is 24.2 Å². The van der Waals surface area contributed by atoms with Crippen LogP contribution in [0.1, 0.15) is 16.8 Å². The summed E-state index contributed by atoms with van der Waals surface area (Å²) in [5.74, 6) is 0.415. The fraction of sp³-hybridized carbons (Fsp3) is 0.154. The topological polar surface area (TPSA) is 58.4 Å². The first kappa shape index (κ1) is 19.1. The van der Waals surface area contributed by atoms with Crippen molar-refractivity contribution in [2.45, 2.75) is 19.4 Å². The molecule has 5 rings (SSSR count). The molecule has 2 heterocycles. The highest BCUT2D eigenvalue weighted by Crippen LogP contribution is 2.30. The van der Waals surface area contributed by atoms with E-state index < -0.39 is 0 Å². The van der Waals surface area contributed by atoms with Gasteiger partial charge in [0.15, 0.2) is 0 Å². The number of benzene rings is 3. The van der Waals surface area contributed by atoms with E-state index in [4.69, 9.17) is 4.42 Å². The number of nitrogens with one attached hydrogen (secondary N) is 1. The number of aromatic nitrogens is 1. The lowest BCUT2D eigenvalue weighted by Gasteiger charge is -2.21. The monoisotopic (exact) mass is 409 g/mol. The predicted octanol–water partition coefficient (Wildman–Crippen LogP) is 5.09. The molecule has 0 bridgehead atoms. The summed E-state index contributed by atoms with van der Waals surface area (Å²) in [7, 11) is 0. The molecule has 1 N–H and O–H groups in total. The van der Waals surface area contributed by atoms with Gasteiger partial charge in [-0.2, -0.15) is 0 Å². The maximum atomic E-state index is 12.7. The number of carbonyl (C=O) groups excluding carboxylic acids is 1. The maximum absolute atomic E-state index is 12.7. The molecule has 31 heavy (non-hydrogen) atoms. The van der Waals surface area contributed by atoms with E-state index in [1.54, 1.807) is 6.26 Å². The molecule has 0 atom stereocenters. The van der Waals surface area contributed by atoms with Crippen LogP contribution in [0.15, 0.2) is 89.5 Å². The van der Waals surface area contributed by atoms with Crippen LogP contribution in [-0.4, -0.2) is 17.4 Å². The van der Waals surface area contributed by atoms with Crippen LogP contribution in [0.3, 0.4) is 0 Å². The third kappa shape index (κ3) is 4.21. The van der Waals surface area contributed by atoms with Gasteiger partial charge in [-0.05, 0) is 41.8 Å². The van der Waals surface area contributed by atoms with Crippen LogP contribution in [0.2, 0.25) is 0 Å². The normalized spacial score (nSPS) is 12.6. The Morgan fingerprint density at radius 1 is 0.968 bits per heavy atom. The van der Waals surface area contributed by atoms with Gasteiger partial charge < -0.3 is 14.6 Å². The lowest BCUT2D eigenvalue weighted by Crippen LogP contribution is -2.22. The molecular formula is C26H23N3O2. The molecule has 0 radical (unpaired) electrons. The summed E-state index contributed by atoms with van der Waals surface area (Å²) in [5.41, 5.74) is 6.10. The minimum atomic E-state index is -0.109. The van der Waals surface area contributed by atoms with E-state index in [0.29, 0.717) is 11.6 Å². The van der Waals surface area contributed by atoms with Crippen LogP contribution < -0.4 is 10.2 Å². The SMILES string of the molecule is O=C(Cc1coc(-c2ccccc2)n1)Nc1ccccc1CN1CCc2ccccc21. The fourth-order valence-electron chi connectivity index (χ4n) is 4.02. The molecule has 0 aliphatic carbocycles. The number of hydrogen-bond acceptors (Lipinski definition) is 4. The van der Waals surface area contributed by atoms with Gasteiger partial charge in [0.05, 0.1) is 12.1 Å². The molecule has 154 valence electrons. The lowest BCUT2D eigenvalue weighted by molar-refractivity contribution is -0.115. The van der Waals surface area contributed by atoms with E-state index >= 15 is 0 Å². The summed E-state index contributed by atoms with van der Waals surface area (Å²) < 4.78 is 5.55. The first-order chi connectivity index (χ1) is 15.3. The van der Waals surface area contributed by atoms with Gasteiger partial charge >= 0.3 is 0 Å². The highest BCUT2D eigenvalue weighted by atomic mass is 16.3. The summed E-state index contributed by atoms with van der Waals surface area (Å²) >= 11 is 0. The van der Waals surface area contributed by atoms with Gasteiger partial charge in [-0.25, -0.2) is 4.98 Å². The van der Waals surface area contributed by atoms with Crippen molar-refractivity contribution in [1.82, 2.24) is 4.98 Å². The van der Waals surface area contributed by atoms with Gasteiger partial charge in [-0.15, -0.1) is 0 Å². The van der Waals surface area contributed by atoms with Crippen LogP contribution >= 0.6 is 0 Å². The summed E-state index contributed by atoms with van der Waals surface area (Å²) in [5, 5.41) is 3.06. The second-order valence-electron chi connectivity index (χ2n) is 7.69. The molecule has 3 aromatic carbocycles. The van der Waals surface area contributed by atoms with Gasteiger partial charge in [-0.1, -0.05) is 54.6 Å². The van der Waals surface area contributed by atoms with Crippen molar-refractivity contribution < 1.29 is 9.21 Å². The Hall–Kier alpha value is -3.86. The zero-order chi connectivity index (χ0) is 21.0. The second kappa shape index (κ2) is 8.48. The van der Waals surface area contributed by atoms with Crippen molar-refractivity contribution in [2.75, 3.05) is 16.8 Å². The average Bonchev–Trinajstić information content (AvgIpc) is 3.43. The Morgan fingerprint density at radius 2 is 1.74 bits per heavy atom. The highest BCUT2D eigenvalue weighted by Gasteiger charge is 2.20. The summed E-state index contributed by atoms with van der Waals surface area (Å²) in [6.07, 6.45) is 2.77. The Kier molecular flexibility index (Phi) is 5.23. The van der Waals surface area contributed by atoms with Crippen molar-refractivity contribution in [1.29, 1.82) is 0 Å². The molecule has 1 aromatic heterocycles. The summed E-state index contributed by atoms with van der Waals surface area (Å²) in [6, 6.07) is 26.2. The van der Waals surface area contributed by atoms with Gasteiger partial charge in [0.1, 0.15) is 6.26 Å². The van der Waals surface area contributed by atoms with E-state index in [9.17, 15) is 4.79 Å². The number of amides is 1. The zero-order valence-corrected chi connectivity index (χ0v) is 17.1. The Labute approximate surface area is 181 Å². The molecule has 4 aromatic rings. The summed E-state index contributed by atoms with van der Waals surface area (Å²) in [4.78, 5) is 19.5. The number of oxazole rings is 1. The van der Waals surface area contributed by atoms with Crippen molar-refractivity contribution in [3.63, 3.8) is 0 Å². The Morgan fingerprint density at radius 3 is 2.65 bits per heavy atom. The van der Waals surface area contributed by atoms with Gasteiger partial charge in [0, 0.05) is 30.0 Å². The molecule has 0 spiro atoms. The lowest BCUT2D eigenvalue weighted by atomic mass is 10.1. The number of hydrogen-bond donors (Lipinski definition) is 1. The van der Waals surface area contributed by atoms with E-state index in [2.05, 4.69) is 45.5 Å². The molecule has 0 fully saturated rings. The van der Waals surface area contributed by atoms with Crippen LogP contribution in [0.5, 0.6) is 0 Å². The molecule has 1 amide bonds. The molecule has 1 aliphatic rings. The first-order valence-corrected chi connectivity index (χ1v) is 10.5. The minimum absolute atomic E-state index is 0.109. The quantitative estimate of drug-likeness (QED) is 0.482. The predicted molar refractivity (Wildman–Crippen MR) is 122 cm³/mol. The van der Waals surface area contributed by atoms with Crippen LogP contribution in [0.4, 0.5) is 11.4 Å². The summed E-state index contributed by atoms with van der Waals surface area (Å²) in [6.45, 7) is 1.75. The van der Waals surface area contributed by atoms with Crippen molar-refractivity contribution in [3.8, 4) is 11.5 Å². The van der Waals surface area contributed by atoms with Crippen molar-refractivity contribution >= 4 is 17.3 Å². The van der Waals surface area contributed by atoms with Crippen molar-refractivity contribution in [2.24, 2.45) is 0 Å². The third-order valence-electron chi connectivity index (χ3n) is 5.55. The molecule has 5 heteroatoms. The number of rotatable bonds is 6. The van der Waals surface area contributed by atoms with E-state index in [-0.39, 0.29) is 12.3 Å². The molecule has 0 saturated carbocycles. The van der Waals surface area contributed by atoms with Gasteiger partial charge in [0.2, 0.25) is 11.8 Å². The highest BCUT2D eigenvalue weighted by molar-refractivity contribution is 5.92. The number of nitrogens with zero attached hydrogens (tertiary/aromatic N) is 2. The largest absolute Gasteiger partial charge is 0.444 e. The molecular weight excluding hydrogens is 386 g/mol. The van der Waals surface area contributed by atoms with E-state index in [1.165, 1.54) is 11.3 Å². The van der Waals surface area contributed by atoms with Gasteiger partial charge in [-0.3, -0.25) is 4.79 Å². The molecule has 5 nitrogen and oxygen atoms in total. The number of carbonyl (C=O) groups is 1. The van der Waals surface area contributed by atoms with E-state index in [1.807, 2.05) is 48.5 Å². The van der Waals surface area contributed by atoms with Crippen molar-refractivity contribution in [3.05, 3.63) is 102 Å². The third-order valence-corrected chi connectivity index (χ3v) is 5.55. The van der Waals surface area contributed by atoms with Gasteiger partial charge in [0.25, 0.3) is 0 Å². The average molecular weight is 409 g/mol. The minimum Gasteiger partial charge on any atom is -0.444 e. The first-order valence-electron chi connectivity index (χ1n) is 10.5. The standard InChI is InChI=1S/C26H23N3O2/c30-25(16-22-18-31-26(27-22)20-9-2-1-3-10-20)28-23-12-6-4-11-21(23)17-29-15-14-19-8-5-7-13-24(19)29/h1-13,18H,14-17H2,(H,28,30). The second-order valence-corrected chi connectivity index (χ2v) is 7.69.